The molecular weight excluding hydrogens is 320 g/mol. The molecule has 24 heavy (non-hydrogen) atoms. The van der Waals surface area contributed by atoms with Crippen LogP contribution in [0.15, 0.2) is 59.6 Å². The number of nitrogens with one attached hydrogen (secondary N) is 2. The summed E-state index contributed by atoms with van der Waals surface area (Å²) >= 11 is 5.99. The first kappa shape index (κ1) is 18.3. The first-order chi connectivity index (χ1) is 11.6. The number of benzene rings is 2. The van der Waals surface area contributed by atoms with E-state index in [9.17, 15) is 0 Å². The Morgan fingerprint density at radius 3 is 2.29 bits per heavy atom. The minimum absolute atomic E-state index is 0.234. The Labute approximate surface area is 149 Å². The smallest absolute Gasteiger partial charge is 0.191 e. The van der Waals surface area contributed by atoms with Crippen LogP contribution in [-0.4, -0.2) is 38.5 Å². The quantitative estimate of drug-likeness (QED) is 0.624. The van der Waals surface area contributed by atoms with Crippen LogP contribution in [0.25, 0.3) is 0 Å². The van der Waals surface area contributed by atoms with E-state index in [1.807, 2.05) is 30.3 Å². The van der Waals surface area contributed by atoms with Crippen molar-refractivity contribution in [2.45, 2.75) is 12.6 Å². The second-order valence-electron chi connectivity index (χ2n) is 5.82. The second-order valence-corrected chi connectivity index (χ2v) is 6.26. The molecule has 0 heterocycles. The lowest BCUT2D eigenvalue weighted by atomic mass is 10.1. The van der Waals surface area contributed by atoms with Gasteiger partial charge in [-0.1, -0.05) is 54.1 Å². The van der Waals surface area contributed by atoms with E-state index in [1.54, 1.807) is 7.05 Å². The van der Waals surface area contributed by atoms with Gasteiger partial charge in [0, 0.05) is 25.2 Å². The summed E-state index contributed by atoms with van der Waals surface area (Å²) in [5, 5.41) is 7.49. The highest BCUT2D eigenvalue weighted by Crippen LogP contribution is 2.19. The molecule has 2 rings (SSSR count). The maximum atomic E-state index is 5.99. The Bertz CT molecular complexity index is 638. The molecule has 0 saturated carbocycles. The molecule has 0 aliphatic heterocycles. The molecule has 2 N–H and O–H groups in total. The molecule has 0 aromatic heterocycles. The summed E-state index contributed by atoms with van der Waals surface area (Å²) in [5.41, 5.74) is 2.44. The molecule has 0 bridgehead atoms. The third-order valence-corrected chi connectivity index (χ3v) is 4.12. The first-order valence-corrected chi connectivity index (χ1v) is 8.38. The topological polar surface area (TPSA) is 39.7 Å². The van der Waals surface area contributed by atoms with Gasteiger partial charge in [-0.15, -0.1) is 0 Å². The van der Waals surface area contributed by atoms with Gasteiger partial charge in [0.1, 0.15) is 0 Å². The molecule has 1 unspecified atom stereocenters. The highest BCUT2D eigenvalue weighted by atomic mass is 35.5. The van der Waals surface area contributed by atoms with Crippen molar-refractivity contribution in [1.82, 2.24) is 15.5 Å². The standard InChI is InChI=1S/C19H25ClN4/c1-21-19(22-13-15-7-5-4-6-8-15)23-14-18(24(2)3)16-9-11-17(20)12-10-16/h4-12,18H,13-14H2,1-3H3,(H2,21,22,23). The number of hydrogen-bond acceptors (Lipinski definition) is 2. The average molecular weight is 345 g/mol. The van der Waals surface area contributed by atoms with E-state index in [4.69, 9.17) is 11.6 Å². The van der Waals surface area contributed by atoms with Crippen molar-refractivity contribution < 1.29 is 0 Å². The van der Waals surface area contributed by atoms with Crippen molar-refractivity contribution >= 4 is 17.6 Å². The zero-order chi connectivity index (χ0) is 17.4. The van der Waals surface area contributed by atoms with E-state index >= 15 is 0 Å². The van der Waals surface area contributed by atoms with Crippen LogP contribution >= 0.6 is 11.6 Å². The Balaban J connectivity index is 1.93. The summed E-state index contributed by atoms with van der Waals surface area (Å²) in [4.78, 5) is 6.48. The van der Waals surface area contributed by atoms with Crippen molar-refractivity contribution in [3.63, 3.8) is 0 Å². The predicted molar refractivity (Wildman–Crippen MR) is 103 cm³/mol. The molecule has 2 aromatic carbocycles. The van der Waals surface area contributed by atoms with Gasteiger partial charge in [0.15, 0.2) is 5.96 Å². The largest absolute Gasteiger partial charge is 0.354 e. The molecule has 128 valence electrons. The third kappa shape index (κ3) is 5.55. The SMILES string of the molecule is CN=C(NCc1ccccc1)NCC(c1ccc(Cl)cc1)N(C)C. The molecule has 0 aliphatic rings. The fraction of sp³-hybridized carbons (Fsp3) is 0.316. The number of halogens is 1. The predicted octanol–water partition coefficient (Wildman–Crippen LogP) is 3.31. The number of hydrogen-bond donors (Lipinski definition) is 2. The number of rotatable bonds is 6. The van der Waals surface area contributed by atoms with Crippen molar-refractivity contribution in [2.75, 3.05) is 27.7 Å². The monoisotopic (exact) mass is 344 g/mol. The van der Waals surface area contributed by atoms with Gasteiger partial charge < -0.3 is 15.5 Å². The maximum Gasteiger partial charge on any atom is 0.191 e. The van der Waals surface area contributed by atoms with E-state index in [2.05, 4.69) is 58.9 Å². The average Bonchev–Trinajstić information content (AvgIpc) is 2.60. The van der Waals surface area contributed by atoms with Gasteiger partial charge in [0.2, 0.25) is 0 Å². The van der Waals surface area contributed by atoms with E-state index in [0.717, 1.165) is 24.1 Å². The van der Waals surface area contributed by atoms with Crippen LogP contribution in [0.2, 0.25) is 5.02 Å². The Morgan fingerprint density at radius 2 is 1.71 bits per heavy atom. The normalized spacial score (nSPS) is 13.0. The second kappa shape index (κ2) is 9.30. The fourth-order valence-corrected chi connectivity index (χ4v) is 2.61. The Hall–Kier alpha value is -2.04. The molecule has 2 aromatic rings. The van der Waals surface area contributed by atoms with Gasteiger partial charge in [0.25, 0.3) is 0 Å². The van der Waals surface area contributed by atoms with Gasteiger partial charge in [-0.2, -0.15) is 0 Å². The molecule has 0 radical (unpaired) electrons. The van der Waals surface area contributed by atoms with E-state index in [-0.39, 0.29) is 6.04 Å². The van der Waals surface area contributed by atoms with Crippen LogP contribution in [0.1, 0.15) is 17.2 Å². The minimum atomic E-state index is 0.234. The van der Waals surface area contributed by atoms with E-state index < -0.39 is 0 Å². The molecule has 0 amide bonds. The number of aliphatic imine (C=N–C) groups is 1. The molecule has 0 aliphatic carbocycles. The number of guanidine groups is 1. The zero-order valence-corrected chi connectivity index (χ0v) is 15.2. The fourth-order valence-electron chi connectivity index (χ4n) is 2.48. The van der Waals surface area contributed by atoms with Crippen LogP contribution in [0.3, 0.4) is 0 Å². The molecule has 0 spiro atoms. The zero-order valence-electron chi connectivity index (χ0n) is 14.5. The third-order valence-electron chi connectivity index (χ3n) is 3.87. The molecule has 4 nitrogen and oxygen atoms in total. The summed E-state index contributed by atoms with van der Waals surface area (Å²) in [7, 11) is 5.93. The highest BCUT2D eigenvalue weighted by Gasteiger charge is 2.14. The number of likely N-dealkylation sites (N-methyl/N-ethyl adjacent to an activating group) is 1. The summed E-state index contributed by atoms with van der Waals surface area (Å²) < 4.78 is 0. The summed E-state index contributed by atoms with van der Waals surface area (Å²) in [6.07, 6.45) is 0. The van der Waals surface area contributed by atoms with Gasteiger partial charge in [0.05, 0.1) is 6.04 Å². The van der Waals surface area contributed by atoms with Crippen molar-refractivity contribution in [2.24, 2.45) is 4.99 Å². The summed E-state index contributed by atoms with van der Waals surface area (Å²) in [6, 6.07) is 18.5. The molecular formula is C19H25ClN4. The highest BCUT2D eigenvalue weighted by molar-refractivity contribution is 6.30. The minimum Gasteiger partial charge on any atom is -0.354 e. The van der Waals surface area contributed by atoms with Crippen molar-refractivity contribution in [1.29, 1.82) is 0 Å². The molecule has 5 heteroatoms. The van der Waals surface area contributed by atoms with Crippen LogP contribution < -0.4 is 10.6 Å². The Morgan fingerprint density at radius 1 is 1.04 bits per heavy atom. The van der Waals surface area contributed by atoms with Crippen LogP contribution in [0.4, 0.5) is 0 Å². The first-order valence-electron chi connectivity index (χ1n) is 8.00. The number of nitrogens with zero attached hydrogens (tertiary/aromatic N) is 2. The Kier molecular flexibility index (Phi) is 7.09. The van der Waals surface area contributed by atoms with Crippen molar-refractivity contribution in [3.05, 3.63) is 70.7 Å². The lowest BCUT2D eigenvalue weighted by molar-refractivity contribution is 0.298. The lowest BCUT2D eigenvalue weighted by Gasteiger charge is -2.26. The molecule has 1 atom stereocenters. The van der Waals surface area contributed by atoms with Crippen LogP contribution in [0.5, 0.6) is 0 Å². The van der Waals surface area contributed by atoms with E-state index in [1.165, 1.54) is 11.1 Å². The molecule has 0 fully saturated rings. The maximum absolute atomic E-state index is 5.99. The van der Waals surface area contributed by atoms with Gasteiger partial charge in [-0.3, -0.25) is 4.99 Å². The van der Waals surface area contributed by atoms with E-state index in [0.29, 0.717) is 0 Å². The van der Waals surface area contributed by atoms with Gasteiger partial charge in [-0.05, 0) is 37.4 Å². The van der Waals surface area contributed by atoms with Crippen molar-refractivity contribution in [3.8, 4) is 0 Å². The van der Waals surface area contributed by atoms with Gasteiger partial charge in [-0.25, -0.2) is 0 Å². The van der Waals surface area contributed by atoms with Crippen LogP contribution in [0, 0.1) is 0 Å². The van der Waals surface area contributed by atoms with Gasteiger partial charge >= 0.3 is 0 Å². The summed E-state index contributed by atoms with van der Waals surface area (Å²) in [6.45, 7) is 1.50. The lowest BCUT2D eigenvalue weighted by Crippen LogP contribution is -2.41. The molecule has 0 saturated heterocycles. The van der Waals surface area contributed by atoms with Crippen LogP contribution in [-0.2, 0) is 6.54 Å². The summed E-state index contributed by atoms with van der Waals surface area (Å²) in [5.74, 6) is 0.791.